The van der Waals surface area contributed by atoms with E-state index in [-0.39, 0.29) is 24.5 Å². The summed E-state index contributed by atoms with van der Waals surface area (Å²) in [5, 5.41) is 2.85. The van der Waals surface area contributed by atoms with Crippen molar-refractivity contribution in [1.29, 1.82) is 0 Å². The summed E-state index contributed by atoms with van der Waals surface area (Å²) >= 11 is 0. The summed E-state index contributed by atoms with van der Waals surface area (Å²) in [6, 6.07) is 10.1. The maximum atomic E-state index is 13.4. The van der Waals surface area contributed by atoms with Gasteiger partial charge in [0.15, 0.2) is 11.2 Å². The van der Waals surface area contributed by atoms with E-state index >= 15 is 0 Å². The van der Waals surface area contributed by atoms with Gasteiger partial charge in [0.1, 0.15) is 6.54 Å². The van der Waals surface area contributed by atoms with E-state index in [1.165, 1.54) is 10.9 Å². The van der Waals surface area contributed by atoms with E-state index in [1.807, 2.05) is 30.3 Å². The monoisotopic (exact) mass is 484 g/mol. The Bertz CT molecular complexity index is 1230. The van der Waals surface area contributed by atoms with Crippen molar-refractivity contribution in [1.82, 2.24) is 28.9 Å². The number of imidazole rings is 1. The van der Waals surface area contributed by atoms with Crippen LogP contribution >= 0.6 is 0 Å². The van der Waals surface area contributed by atoms with Crippen LogP contribution in [0.4, 0.5) is 0 Å². The molecule has 2 aromatic heterocycles. The molecule has 0 spiro atoms. The van der Waals surface area contributed by atoms with Gasteiger partial charge in [-0.25, -0.2) is 14.3 Å². The maximum Gasteiger partial charge on any atom is 0.333 e. The minimum Gasteiger partial charge on any atom is -0.383 e. The first kappa shape index (κ1) is 26.4. The summed E-state index contributed by atoms with van der Waals surface area (Å²) < 4.78 is 9.26. The number of methoxy groups -OCH3 is 1. The number of amides is 1. The largest absolute Gasteiger partial charge is 0.383 e. The molecule has 1 amide bonds. The summed E-state index contributed by atoms with van der Waals surface area (Å²) in [7, 11) is 1.58. The molecule has 190 valence electrons. The van der Waals surface area contributed by atoms with Gasteiger partial charge in [0.25, 0.3) is 5.56 Å². The second kappa shape index (κ2) is 11.9. The molecule has 0 atom stereocenters. The number of hydrogen-bond donors (Lipinski definition) is 1. The van der Waals surface area contributed by atoms with Crippen LogP contribution in [0.2, 0.25) is 0 Å². The maximum absolute atomic E-state index is 13.4. The molecule has 0 radical (unpaired) electrons. The fourth-order valence-corrected chi connectivity index (χ4v) is 4.28. The Kier molecular flexibility index (Phi) is 9.00. The molecule has 0 saturated carbocycles. The molecule has 1 N–H and O–H groups in total. The molecule has 0 aliphatic rings. The molecule has 10 heteroatoms. The molecule has 3 aromatic rings. The van der Waals surface area contributed by atoms with Crippen molar-refractivity contribution < 1.29 is 9.53 Å². The molecule has 2 heterocycles. The van der Waals surface area contributed by atoms with Crippen molar-refractivity contribution in [3.8, 4) is 0 Å². The van der Waals surface area contributed by atoms with Crippen molar-refractivity contribution in [3.05, 3.63) is 63.1 Å². The average molecular weight is 485 g/mol. The van der Waals surface area contributed by atoms with Crippen LogP contribution in [0.5, 0.6) is 0 Å². The topological polar surface area (TPSA) is 103 Å². The lowest BCUT2D eigenvalue weighted by molar-refractivity contribution is -0.121. The van der Waals surface area contributed by atoms with Gasteiger partial charge in [0, 0.05) is 38.8 Å². The highest BCUT2D eigenvalue weighted by Crippen LogP contribution is 2.10. The Balaban J connectivity index is 1.92. The molecule has 10 nitrogen and oxygen atoms in total. The molecule has 1 aromatic carbocycles. The average Bonchev–Trinajstić information content (AvgIpc) is 3.25. The Morgan fingerprint density at radius 2 is 1.77 bits per heavy atom. The van der Waals surface area contributed by atoms with Gasteiger partial charge in [-0.1, -0.05) is 30.3 Å². The van der Waals surface area contributed by atoms with Gasteiger partial charge in [0.05, 0.1) is 19.5 Å². The van der Waals surface area contributed by atoms with Gasteiger partial charge in [-0.05, 0) is 33.3 Å². The van der Waals surface area contributed by atoms with E-state index in [0.29, 0.717) is 44.0 Å². The van der Waals surface area contributed by atoms with Crippen LogP contribution in [-0.4, -0.2) is 68.4 Å². The van der Waals surface area contributed by atoms with Crippen molar-refractivity contribution >= 4 is 17.1 Å². The van der Waals surface area contributed by atoms with E-state index in [2.05, 4.69) is 42.9 Å². The van der Waals surface area contributed by atoms with Gasteiger partial charge >= 0.3 is 5.69 Å². The highest BCUT2D eigenvalue weighted by Gasteiger charge is 2.20. The Morgan fingerprint density at radius 3 is 2.40 bits per heavy atom. The zero-order valence-corrected chi connectivity index (χ0v) is 21.2. The third kappa shape index (κ3) is 6.26. The number of hydrogen-bond acceptors (Lipinski definition) is 6. The van der Waals surface area contributed by atoms with Gasteiger partial charge in [-0.15, -0.1) is 0 Å². The lowest BCUT2D eigenvalue weighted by Crippen LogP contribution is -2.46. The molecule has 35 heavy (non-hydrogen) atoms. The fraction of sp³-hybridized carbons (Fsp3) is 0.520. The van der Waals surface area contributed by atoms with Crippen LogP contribution in [0.1, 0.15) is 33.3 Å². The number of rotatable bonds is 12. The number of nitrogens with zero attached hydrogens (tertiary/aromatic N) is 5. The van der Waals surface area contributed by atoms with Crippen molar-refractivity contribution in [2.75, 3.05) is 26.8 Å². The van der Waals surface area contributed by atoms with Crippen molar-refractivity contribution in [2.45, 2.75) is 59.4 Å². The number of carbonyl (C=O) groups is 1. The molecule has 0 aliphatic carbocycles. The third-order valence-electron chi connectivity index (χ3n) is 6.02. The molecular weight excluding hydrogens is 448 g/mol. The van der Waals surface area contributed by atoms with Crippen LogP contribution < -0.4 is 16.6 Å². The minimum absolute atomic E-state index is 0.233. The number of aromatic nitrogens is 4. The Hall–Kier alpha value is -3.24. The zero-order valence-electron chi connectivity index (χ0n) is 21.2. The van der Waals surface area contributed by atoms with Crippen LogP contribution in [0.25, 0.3) is 11.2 Å². The first-order valence-corrected chi connectivity index (χ1v) is 12.0. The SMILES string of the molecule is COCCn1cnc2c1c(=O)n(CC(=O)NCCN(C(C)C)C(C)C)c(=O)n2Cc1ccccc1. The first-order chi connectivity index (χ1) is 16.7. The lowest BCUT2D eigenvalue weighted by Gasteiger charge is -2.30. The van der Waals surface area contributed by atoms with E-state index < -0.39 is 11.2 Å². The van der Waals surface area contributed by atoms with Gasteiger partial charge in [-0.3, -0.25) is 19.1 Å². The van der Waals surface area contributed by atoms with Crippen LogP contribution in [0.15, 0.2) is 46.2 Å². The summed E-state index contributed by atoms with van der Waals surface area (Å²) in [4.78, 5) is 46.1. The van der Waals surface area contributed by atoms with E-state index in [1.54, 1.807) is 11.7 Å². The normalized spacial score (nSPS) is 11.8. The highest BCUT2D eigenvalue weighted by atomic mass is 16.5. The van der Waals surface area contributed by atoms with Gasteiger partial charge in [0.2, 0.25) is 5.91 Å². The standard InChI is InChI=1S/C25H36N6O4/c1-18(2)29(19(3)4)12-11-26-21(32)16-31-24(33)22-23(27-17-28(22)13-14-35-5)30(25(31)34)15-20-9-7-6-8-10-20/h6-10,17-19H,11-16H2,1-5H3,(H,26,32). The second-order valence-electron chi connectivity index (χ2n) is 9.12. The Labute approximate surface area is 205 Å². The number of fused-ring (bicyclic) bond motifs is 1. The van der Waals surface area contributed by atoms with E-state index in [9.17, 15) is 14.4 Å². The molecule has 3 rings (SSSR count). The van der Waals surface area contributed by atoms with E-state index in [0.717, 1.165) is 10.1 Å². The Morgan fingerprint density at radius 1 is 1.09 bits per heavy atom. The summed E-state index contributed by atoms with van der Waals surface area (Å²) in [6.07, 6.45) is 1.53. The summed E-state index contributed by atoms with van der Waals surface area (Å²) in [5.41, 5.74) is 0.352. The molecule has 0 unspecified atom stereocenters. The molecule has 0 fully saturated rings. The quantitative estimate of drug-likeness (QED) is 0.416. The first-order valence-electron chi connectivity index (χ1n) is 12.0. The smallest absolute Gasteiger partial charge is 0.333 e. The van der Waals surface area contributed by atoms with Gasteiger partial charge < -0.3 is 14.6 Å². The number of carbonyl (C=O) groups excluding carboxylic acids is 1. The van der Waals surface area contributed by atoms with E-state index in [4.69, 9.17) is 4.74 Å². The second-order valence-corrected chi connectivity index (χ2v) is 9.12. The van der Waals surface area contributed by atoms with Crippen LogP contribution in [0, 0.1) is 0 Å². The van der Waals surface area contributed by atoms with Crippen molar-refractivity contribution in [2.24, 2.45) is 0 Å². The van der Waals surface area contributed by atoms with Crippen LogP contribution in [0.3, 0.4) is 0 Å². The molecule has 0 aliphatic heterocycles. The number of nitrogens with one attached hydrogen (secondary N) is 1. The minimum atomic E-state index is -0.565. The predicted octanol–water partition coefficient (Wildman–Crippen LogP) is 1.29. The molecular formula is C25H36N6O4. The number of benzene rings is 1. The predicted molar refractivity (Wildman–Crippen MR) is 136 cm³/mol. The van der Waals surface area contributed by atoms with Crippen LogP contribution in [-0.2, 0) is 29.2 Å². The summed E-state index contributed by atoms with van der Waals surface area (Å²) in [5.74, 6) is -0.384. The third-order valence-corrected chi connectivity index (χ3v) is 6.02. The number of ether oxygens (including phenoxy) is 1. The highest BCUT2D eigenvalue weighted by molar-refractivity contribution is 5.76. The molecule has 0 saturated heterocycles. The fourth-order valence-electron chi connectivity index (χ4n) is 4.28. The van der Waals surface area contributed by atoms with Gasteiger partial charge in [-0.2, -0.15) is 0 Å². The summed E-state index contributed by atoms with van der Waals surface area (Å²) in [6.45, 7) is 10.2. The zero-order chi connectivity index (χ0) is 25.5. The van der Waals surface area contributed by atoms with Crippen molar-refractivity contribution in [3.63, 3.8) is 0 Å². The molecule has 0 bridgehead atoms. The lowest BCUT2D eigenvalue weighted by atomic mass is 10.2.